The number of ether oxygens (including phenoxy) is 1. The highest BCUT2D eigenvalue weighted by atomic mass is 16.5. The van der Waals surface area contributed by atoms with Gasteiger partial charge in [-0.15, -0.1) is 0 Å². The number of hydrogen-bond acceptors (Lipinski definition) is 5. The number of benzene rings is 1. The molecule has 1 aromatic carbocycles. The number of hydrogen-bond donors (Lipinski definition) is 2. The number of carbonyl (C=O) groups excluding carboxylic acids is 2. The summed E-state index contributed by atoms with van der Waals surface area (Å²) in [4.78, 5) is 26.3. The molecule has 8 heteroatoms. The largest absolute Gasteiger partial charge is 0.379 e. The first-order valence-corrected chi connectivity index (χ1v) is 9.50. The number of rotatable bonds is 7. The number of nitrogens with zero attached hydrogens (tertiary/aromatic N) is 3. The summed E-state index contributed by atoms with van der Waals surface area (Å²) in [6.45, 7) is 7.69. The predicted molar refractivity (Wildman–Crippen MR) is 107 cm³/mol. The van der Waals surface area contributed by atoms with Crippen molar-refractivity contribution in [2.45, 2.75) is 26.8 Å². The molecule has 150 valence electrons. The van der Waals surface area contributed by atoms with E-state index in [1.807, 2.05) is 24.6 Å². The molecule has 2 amide bonds. The lowest BCUT2D eigenvalue weighted by atomic mass is 10.2. The van der Waals surface area contributed by atoms with Crippen LogP contribution in [0.4, 0.5) is 11.4 Å². The van der Waals surface area contributed by atoms with E-state index >= 15 is 0 Å². The Morgan fingerprint density at radius 2 is 1.64 bits per heavy atom. The molecule has 1 saturated heterocycles. The Morgan fingerprint density at radius 1 is 1.04 bits per heavy atom. The van der Waals surface area contributed by atoms with Crippen molar-refractivity contribution in [2.75, 3.05) is 43.5 Å². The van der Waals surface area contributed by atoms with Gasteiger partial charge in [0.25, 0.3) is 0 Å². The molecule has 28 heavy (non-hydrogen) atoms. The lowest BCUT2D eigenvalue weighted by molar-refractivity contribution is -0.118. The van der Waals surface area contributed by atoms with Crippen molar-refractivity contribution in [2.24, 2.45) is 0 Å². The van der Waals surface area contributed by atoms with Gasteiger partial charge >= 0.3 is 0 Å². The molecule has 0 radical (unpaired) electrons. The van der Waals surface area contributed by atoms with Crippen LogP contribution in [0.1, 0.15) is 17.8 Å². The lowest BCUT2D eigenvalue weighted by Gasteiger charge is -2.25. The Balaban J connectivity index is 1.43. The molecule has 8 nitrogen and oxygen atoms in total. The number of amides is 2. The molecule has 1 fully saturated rings. The Hall–Kier alpha value is -2.71. The Morgan fingerprint density at radius 3 is 2.21 bits per heavy atom. The molecule has 0 unspecified atom stereocenters. The second-order valence-corrected chi connectivity index (χ2v) is 6.96. The van der Waals surface area contributed by atoms with Crippen molar-refractivity contribution in [3.05, 3.63) is 41.7 Å². The number of morpholine rings is 1. The maximum atomic E-state index is 12.2. The van der Waals surface area contributed by atoms with Gasteiger partial charge in [-0.25, -0.2) is 0 Å². The molecule has 0 bridgehead atoms. The zero-order chi connectivity index (χ0) is 19.9. The molecule has 2 aromatic rings. The number of anilines is 2. The van der Waals surface area contributed by atoms with Gasteiger partial charge in [-0.3, -0.25) is 19.2 Å². The summed E-state index contributed by atoms with van der Waals surface area (Å²) >= 11 is 0. The van der Waals surface area contributed by atoms with Crippen LogP contribution in [-0.4, -0.2) is 59.3 Å². The van der Waals surface area contributed by atoms with Gasteiger partial charge in [0.1, 0.15) is 0 Å². The molecule has 3 rings (SSSR count). The first kappa shape index (κ1) is 20.0. The zero-order valence-electron chi connectivity index (χ0n) is 16.4. The van der Waals surface area contributed by atoms with Crippen LogP contribution in [0.5, 0.6) is 0 Å². The first-order valence-electron chi connectivity index (χ1n) is 9.50. The van der Waals surface area contributed by atoms with Gasteiger partial charge in [0.05, 0.1) is 25.5 Å². The van der Waals surface area contributed by atoms with Crippen molar-refractivity contribution in [1.29, 1.82) is 0 Å². The maximum Gasteiger partial charge on any atom is 0.238 e. The zero-order valence-corrected chi connectivity index (χ0v) is 16.4. The highest BCUT2D eigenvalue weighted by Crippen LogP contribution is 2.14. The van der Waals surface area contributed by atoms with Crippen LogP contribution in [0.2, 0.25) is 0 Å². The van der Waals surface area contributed by atoms with E-state index in [4.69, 9.17) is 4.74 Å². The van der Waals surface area contributed by atoms with E-state index < -0.39 is 0 Å². The Bertz CT molecular complexity index is 810. The fourth-order valence-electron chi connectivity index (χ4n) is 3.13. The van der Waals surface area contributed by atoms with Crippen LogP contribution < -0.4 is 10.6 Å². The summed E-state index contributed by atoms with van der Waals surface area (Å²) in [5.74, 6) is -0.125. The molecule has 1 aliphatic rings. The number of carbonyl (C=O) groups is 2. The quantitative estimate of drug-likeness (QED) is 0.759. The molecule has 0 atom stereocenters. The minimum Gasteiger partial charge on any atom is -0.379 e. The van der Waals surface area contributed by atoms with Gasteiger partial charge in [-0.05, 0) is 44.2 Å². The smallest absolute Gasteiger partial charge is 0.238 e. The molecular weight excluding hydrogens is 358 g/mol. The standard InChI is InChI=1S/C20H27N5O3/c1-15-13-16(2)25(23-15)8-7-19(26)21-17-3-5-18(6-4-17)22-20(27)14-24-9-11-28-12-10-24/h3-6,13H,7-12,14H2,1-2H3,(H,21,26)(H,22,27). The summed E-state index contributed by atoms with van der Waals surface area (Å²) in [6.07, 6.45) is 0.347. The second kappa shape index (κ2) is 9.48. The van der Waals surface area contributed by atoms with Crippen LogP contribution in [0.25, 0.3) is 0 Å². The van der Waals surface area contributed by atoms with E-state index in [1.165, 1.54) is 0 Å². The van der Waals surface area contributed by atoms with E-state index in [2.05, 4.69) is 20.6 Å². The molecule has 1 aromatic heterocycles. The van der Waals surface area contributed by atoms with Crippen LogP contribution in [-0.2, 0) is 20.9 Å². The van der Waals surface area contributed by atoms with E-state index in [9.17, 15) is 9.59 Å². The summed E-state index contributed by atoms with van der Waals surface area (Å²) in [6, 6.07) is 9.13. The molecule has 0 spiro atoms. The number of aromatic nitrogens is 2. The average molecular weight is 385 g/mol. The van der Waals surface area contributed by atoms with Crippen LogP contribution in [0, 0.1) is 13.8 Å². The Labute approximate surface area is 164 Å². The van der Waals surface area contributed by atoms with Gasteiger partial charge in [0, 0.05) is 43.1 Å². The average Bonchev–Trinajstić information content (AvgIpc) is 2.99. The lowest BCUT2D eigenvalue weighted by Crippen LogP contribution is -2.41. The van der Waals surface area contributed by atoms with Crippen LogP contribution in [0.3, 0.4) is 0 Å². The molecule has 1 aliphatic heterocycles. The second-order valence-electron chi connectivity index (χ2n) is 6.96. The molecular formula is C20H27N5O3. The van der Waals surface area contributed by atoms with Crippen molar-refractivity contribution in [1.82, 2.24) is 14.7 Å². The van der Waals surface area contributed by atoms with E-state index in [1.54, 1.807) is 24.3 Å². The monoisotopic (exact) mass is 385 g/mol. The van der Waals surface area contributed by atoms with Gasteiger partial charge in [-0.2, -0.15) is 5.10 Å². The Kier molecular flexibility index (Phi) is 6.78. The normalized spacial score (nSPS) is 14.6. The summed E-state index contributed by atoms with van der Waals surface area (Å²) in [5.41, 5.74) is 3.40. The molecule has 0 aliphatic carbocycles. The minimum absolute atomic E-state index is 0.0522. The van der Waals surface area contributed by atoms with Crippen LogP contribution in [0.15, 0.2) is 30.3 Å². The predicted octanol–water partition coefficient (Wildman–Crippen LogP) is 1.80. The third-order valence-electron chi connectivity index (χ3n) is 4.58. The fourth-order valence-corrected chi connectivity index (χ4v) is 3.13. The first-order chi connectivity index (χ1) is 13.5. The van der Waals surface area contributed by atoms with Gasteiger partial charge in [0.2, 0.25) is 11.8 Å². The maximum absolute atomic E-state index is 12.2. The fraction of sp³-hybridized carbons (Fsp3) is 0.450. The third kappa shape index (κ3) is 5.90. The highest BCUT2D eigenvalue weighted by Gasteiger charge is 2.14. The van der Waals surface area contributed by atoms with Gasteiger partial charge < -0.3 is 15.4 Å². The topological polar surface area (TPSA) is 88.5 Å². The van der Waals surface area contributed by atoms with Gasteiger partial charge in [-0.1, -0.05) is 0 Å². The SMILES string of the molecule is Cc1cc(C)n(CCC(=O)Nc2ccc(NC(=O)CN3CCOCC3)cc2)n1. The van der Waals surface area contributed by atoms with E-state index in [0.29, 0.717) is 44.1 Å². The van der Waals surface area contributed by atoms with Crippen molar-refractivity contribution >= 4 is 23.2 Å². The van der Waals surface area contributed by atoms with Gasteiger partial charge in [0.15, 0.2) is 0 Å². The summed E-state index contributed by atoms with van der Waals surface area (Å²) < 4.78 is 7.12. The van der Waals surface area contributed by atoms with E-state index in [-0.39, 0.29) is 11.8 Å². The summed E-state index contributed by atoms with van der Waals surface area (Å²) in [5, 5.41) is 10.1. The van der Waals surface area contributed by atoms with E-state index in [0.717, 1.165) is 24.5 Å². The van der Waals surface area contributed by atoms with Crippen molar-refractivity contribution in [3.8, 4) is 0 Å². The minimum atomic E-state index is -0.0725. The number of nitrogens with one attached hydrogen (secondary N) is 2. The third-order valence-corrected chi connectivity index (χ3v) is 4.58. The van der Waals surface area contributed by atoms with Crippen molar-refractivity contribution < 1.29 is 14.3 Å². The van der Waals surface area contributed by atoms with Crippen molar-refractivity contribution in [3.63, 3.8) is 0 Å². The molecule has 0 saturated carbocycles. The van der Waals surface area contributed by atoms with Crippen LogP contribution >= 0.6 is 0 Å². The highest BCUT2D eigenvalue weighted by molar-refractivity contribution is 5.93. The number of aryl methyl sites for hydroxylation is 3. The molecule has 2 heterocycles. The summed E-state index contributed by atoms with van der Waals surface area (Å²) in [7, 11) is 0. The molecule has 2 N–H and O–H groups in total.